The van der Waals surface area contributed by atoms with Gasteiger partial charge in [-0.25, -0.2) is 4.39 Å². The lowest BCUT2D eigenvalue weighted by molar-refractivity contribution is 0.355. The molecule has 0 fully saturated rings. The van der Waals surface area contributed by atoms with Crippen LogP contribution in [0.3, 0.4) is 0 Å². The molecule has 5 heteroatoms. The maximum Gasteiger partial charge on any atom is 0.161 e. The summed E-state index contributed by atoms with van der Waals surface area (Å²) in [6.07, 6.45) is 10.9. The zero-order valence-electron chi connectivity index (χ0n) is 23.7. The predicted molar refractivity (Wildman–Crippen MR) is 171 cm³/mol. The van der Waals surface area contributed by atoms with Gasteiger partial charge in [-0.3, -0.25) is 0 Å². The molecule has 0 unspecified atom stereocenters. The van der Waals surface area contributed by atoms with Crippen LogP contribution in [-0.2, 0) is 6.42 Å². The van der Waals surface area contributed by atoms with E-state index in [-0.39, 0.29) is 5.82 Å². The molecule has 4 aromatic rings. The number of hydrogen-bond donors (Lipinski definition) is 0. The molecule has 0 aliphatic carbocycles. The molecular weight excluding hydrogens is 533 g/mol. The van der Waals surface area contributed by atoms with Crippen LogP contribution in [0, 0.1) is 5.82 Å². The van der Waals surface area contributed by atoms with Gasteiger partial charge in [0.15, 0.2) is 11.5 Å². The summed E-state index contributed by atoms with van der Waals surface area (Å²) in [6, 6.07) is 26.4. The molecule has 0 saturated carbocycles. The number of nitrogens with zero attached hydrogens (tertiary/aromatic N) is 1. The Morgan fingerprint density at radius 1 is 0.805 bits per heavy atom. The van der Waals surface area contributed by atoms with Crippen molar-refractivity contribution in [3.63, 3.8) is 0 Å². The first-order valence-corrected chi connectivity index (χ1v) is 13.6. The molecule has 0 bridgehead atoms. The van der Waals surface area contributed by atoms with Crippen LogP contribution in [0.4, 0.5) is 10.1 Å². The van der Waals surface area contributed by atoms with E-state index in [1.54, 1.807) is 26.4 Å². The average molecular weight is 566 g/mol. The zero-order valence-corrected chi connectivity index (χ0v) is 24.5. The second kappa shape index (κ2) is 14.2. The topological polar surface area (TPSA) is 21.7 Å². The highest BCUT2D eigenvalue weighted by Gasteiger charge is 2.08. The minimum Gasteiger partial charge on any atom is -0.493 e. The highest BCUT2D eigenvalue weighted by Crippen LogP contribution is 2.30. The van der Waals surface area contributed by atoms with Gasteiger partial charge >= 0.3 is 0 Å². The SMILES string of the molecule is COc1ccc(/C=C/c2cc(N(C)C)ccc2C(=C=CCc2ccc(Cl)cc2)/C=C/c2ccc(F)cc2)cc1OC. The van der Waals surface area contributed by atoms with Crippen molar-refractivity contribution >= 4 is 41.1 Å². The van der Waals surface area contributed by atoms with Gasteiger partial charge in [0, 0.05) is 30.4 Å². The van der Waals surface area contributed by atoms with Gasteiger partial charge in [0.25, 0.3) is 0 Å². The van der Waals surface area contributed by atoms with Gasteiger partial charge in [0.1, 0.15) is 5.82 Å². The van der Waals surface area contributed by atoms with Crippen LogP contribution in [0.1, 0.15) is 27.8 Å². The second-order valence-electron chi connectivity index (χ2n) is 9.59. The van der Waals surface area contributed by atoms with Crippen molar-refractivity contribution in [3.05, 3.63) is 141 Å². The molecule has 0 heterocycles. The van der Waals surface area contributed by atoms with Crippen LogP contribution in [0.25, 0.3) is 23.8 Å². The predicted octanol–water partition coefficient (Wildman–Crippen LogP) is 9.23. The van der Waals surface area contributed by atoms with E-state index in [1.165, 1.54) is 12.1 Å². The summed E-state index contributed by atoms with van der Waals surface area (Å²) in [7, 11) is 7.30. The molecule has 0 saturated heterocycles. The summed E-state index contributed by atoms with van der Waals surface area (Å²) in [5.41, 5.74) is 10.6. The molecule has 208 valence electrons. The summed E-state index contributed by atoms with van der Waals surface area (Å²) >= 11 is 6.06. The third-order valence-electron chi connectivity index (χ3n) is 6.53. The standard InChI is InChI=1S/C36H33ClFNO2/c1-39(2)33-21-22-34(30(25-33)16-9-28-14-23-35(40-3)36(24-28)41-4)29(15-8-27-12-19-32(38)20-13-27)7-5-6-26-10-17-31(37)18-11-26/h5,8-25H,6H2,1-4H3/b15-8+,16-9+. The summed E-state index contributed by atoms with van der Waals surface area (Å²) in [6.45, 7) is 0. The van der Waals surface area contributed by atoms with Crippen molar-refractivity contribution in [2.75, 3.05) is 33.2 Å². The lowest BCUT2D eigenvalue weighted by atomic mass is 9.97. The Morgan fingerprint density at radius 3 is 2.20 bits per heavy atom. The smallest absolute Gasteiger partial charge is 0.161 e. The van der Waals surface area contributed by atoms with Crippen LogP contribution in [0.2, 0.25) is 5.02 Å². The monoisotopic (exact) mass is 565 g/mol. The first kappa shape index (κ1) is 29.5. The van der Waals surface area contributed by atoms with Crippen molar-refractivity contribution < 1.29 is 13.9 Å². The Bertz CT molecular complexity index is 1600. The van der Waals surface area contributed by atoms with Crippen molar-refractivity contribution in [3.8, 4) is 11.5 Å². The molecule has 0 spiro atoms. The average Bonchev–Trinajstić information content (AvgIpc) is 2.99. The molecule has 4 aromatic carbocycles. The van der Waals surface area contributed by atoms with E-state index in [1.807, 2.05) is 74.8 Å². The molecule has 0 aliphatic heterocycles. The number of anilines is 1. The Hall–Kier alpha value is -4.50. The zero-order chi connectivity index (χ0) is 29.2. The van der Waals surface area contributed by atoms with E-state index in [9.17, 15) is 4.39 Å². The Kier molecular flexibility index (Phi) is 10.2. The summed E-state index contributed by atoms with van der Waals surface area (Å²) in [5, 5.41) is 0.711. The summed E-state index contributed by atoms with van der Waals surface area (Å²) in [4.78, 5) is 2.08. The van der Waals surface area contributed by atoms with E-state index >= 15 is 0 Å². The fraction of sp³-hybridized carbons (Fsp3) is 0.139. The number of benzene rings is 4. The van der Waals surface area contributed by atoms with Crippen LogP contribution in [0.15, 0.2) is 103 Å². The van der Waals surface area contributed by atoms with Gasteiger partial charge in [0.05, 0.1) is 14.2 Å². The van der Waals surface area contributed by atoms with Gasteiger partial charge in [-0.05, 0) is 94.9 Å². The molecule has 0 N–H and O–H groups in total. The van der Waals surface area contributed by atoms with Crippen molar-refractivity contribution in [2.45, 2.75) is 6.42 Å². The third-order valence-corrected chi connectivity index (χ3v) is 6.78. The number of hydrogen-bond acceptors (Lipinski definition) is 3. The number of methoxy groups -OCH3 is 2. The first-order valence-electron chi connectivity index (χ1n) is 13.2. The molecular formula is C36H33ClFNO2. The van der Waals surface area contributed by atoms with E-state index in [2.05, 4.69) is 41.0 Å². The van der Waals surface area contributed by atoms with Crippen LogP contribution < -0.4 is 14.4 Å². The number of allylic oxidation sites excluding steroid dienone is 2. The van der Waals surface area contributed by atoms with Crippen molar-refractivity contribution in [2.24, 2.45) is 0 Å². The summed E-state index contributed by atoms with van der Waals surface area (Å²) < 4.78 is 24.4. The van der Waals surface area contributed by atoms with E-state index < -0.39 is 0 Å². The third kappa shape index (κ3) is 8.25. The molecule has 41 heavy (non-hydrogen) atoms. The van der Waals surface area contributed by atoms with E-state index in [4.69, 9.17) is 21.1 Å². The molecule has 4 rings (SSSR count). The van der Waals surface area contributed by atoms with Crippen LogP contribution in [-0.4, -0.2) is 28.3 Å². The quantitative estimate of drug-likeness (QED) is 0.109. The molecule has 0 amide bonds. The van der Waals surface area contributed by atoms with E-state index in [0.717, 1.165) is 39.1 Å². The van der Waals surface area contributed by atoms with Gasteiger partial charge < -0.3 is 14.4 Å². The highest BCUT2D eigenvalue weighted by molar-refractivity contribution is 6.30. The van der Waals surface area contributed by atoms with Crippen LogP contribution >= 0.6 is 11.6 Å². The minimum absolute atomic E-state index is 0.261. The van der Waals surface area contributed by atoms with Gasteiger partial charge in [0.2, 0.25) is 0 Å². The molecule has 0 radical (unpaired) electrons. The van der Waals surface area contributed by atoms with Crippen LogP contribution in [0.5, 0.6) is 11.5 Å². The van der Waals surface area contributed by atoms with Gasteiger partial charge in [-0.15, -0.1) is 5.73 Å². The van der Waals surface area contributed by atoms with E-state index in [0.29, 0.717) is 22.9 Å². The minimum atomic E-state index is -0.261. The second-order valence-corrected chi connectivity index (χ2v) is 10.0. The fourth-order valence-electron chi connectivity index (χ4n) is 4.22. The lowest BCUT2D eigenvalue weighted by Crippen LogP contribution is -2.08. The van der Waals surface area contributed by atoms with Gasteiger partial charge in [-0.2, -0.15) is 0 Å². The fourth-order valence-corrected chi connectivity index (χ4v) is 4.35. The lowest BCUT2D eigenvalue weighted by Gasteiger charge is -2.15. The number of rotatable bonds is 10. The largest absolute Gasteiger partial charge is 0.493 e. The molecule has 0 aromatic heterocycles. The molecule has 3 nitrogen and oxygen atoms in total. The first-order chi connectivity index (χ1) is 19.9. The molecule has 0 aliphatic rings. The number of ether oxygens (including phenoxy) is 2. The Morgan fingerprint density at radius 2 is 1.51 bits per heavy atom. The Balaban J connectivity index is 1.78. The van der Waals surface area contributed by atoms with Gasteiger partial charge in [-0.1, -0.05) is 66.2 Å². The summed E-state index contributed by atoms with van der Waals surface area (Å²) in [5.74, 6) is 1.09. The van der Waals surface area contributed by atoms with Crippen molar-refractivity contribution in [1.29, 1.82) is 0 Å². The number of halogens is 2. The van der Waals surface area contributed by atoms with Crippen molar-refractivity contribution in [1.82, 2.24) is 0 Å². The Labute approximate surface area is 247 Å². The maximum absolute atomic E-state index is 13.5. The normalized spacial score (nSPS) is 11.0. The molecule has 0 atom stereocenters. The highest BCUT2D eigenvalue weighted by atomic mass is 35.5. The maximum atomic E-state index is 13.5.